The lowest BCUT2D eigenvalue weighted by molar-refractivity contribution is 0.394. The third kappa shape index (κ3) is 4.18. The molecule has 0 aromatic carbocycles. The summed E-state index contributed by atoms with van der Waals surface area (Å²) >= 11 is 1.66. The standard InChI is InChI=1S/C14H23N5OS/c1-10-11(8-16-18-10)6-5-7-15-9-12-13(20-4)17-14(21-12)19(2)3/h8,15H,5-7,9H2,1-4H3,(H,16,18). The van der Waals surface area contributed by atoms with Gasteiger partial charge in [-0.3, -0.25) is 5.10 Å². The second-order valence-electron chi connectivity index (χ2n) is 5.12. The predicted octanol–water partition coefficient (Wildman–Crippen LogP) is 1.97. The Bertz CT molecular complexity index is 563. The van der Waals surface area contributed by atoms with Crippen LogP contribution in [0.2, 0.25) is 0 Å². The summed E-state index contributed by atoms with van der Waals surface area (Å²) in [6.45, 7) is 3.81. The highest BCUT2D eigenvalue weighted by molar-refractivity contribution is 7.15. The fourth-order valence-electron chi connectivity index (χ4n) is 2.02. The van der Waals surface area contributed by atoms with E-state index in [1.54, 1.807) is 18.4 Å². The molecule has 0 aliphatic rings. The molecule has 0 bridgehead atoms. The summed E-state index contributed by atoms with van der Waals surface area (Å²) in [6, 6.07) is 0. The molecule has 0 amide bonds. The topological polar surface area (TPSA) is 66.1 Å². The van der Waals surface area contributed by atoms with Gasteiger partial charge in [0.1, 0.15) is 0 Å². The van der Waals surface area contributed by atoms with Gasteiger partial charge in [0.15, 0.2) is 5.13 Å². The molecule has 0 saturated heterocycles. The molecule has 6 nitrogen and oxygen atoms in total. The third-order valence-corrected chi connectivity index (χ3v) is 4.45. The van der Waals surface area contributed by atoms with Crippen molar-refractivity contribution in [3.05, 3.63) is 22.3 Å². The summed E-state index contributed by atoms with van der Waals surface area (Å²) in [6.07, 6.45) is 4.03. The van der Waals surface area contributed by atoms with Crippen molar-refractivity contribution in [1.82, 2.24) is 20.5 Å². The molecule has 0 radical (unpaired) electrons. The Morgan fingerprint density at radius 3 is 2.86 bits per heavy atom. The molecule has 7 heteroatoms. The van der Waals surface area contributed by atoms with E-state index in [4.69, 9.17) is 4.74 Å². The Morgan fingerprint density at radius 1 is 1.43 bits per heavy atom. The van der Waals surface area contributed by atoms with Crippen molar-refractivity contribution in [3.8, 4) is 5.88 Å². The number of rotatable bonds is 8. The van der Waals surface area contributed by atoms with Gasteiger partial charge < -0.3 is 15.0 Å². The molecule has 0 aliphatic carbocycles. The van der Waals surface area contributed by atoms with Crippen LogP contribution < -0.4 is 15.0 Å². The first-order valence-electron chi connectivity index (χ1n) is 7.02. The molecular weight excluding hydrogens is 286 g/mol. The van der Waals surface area contributed by atoms with Crippen LogP contribution in [0.5, 0.6) is 5.88 Å². The molecule has 2 rings (SSSR count). The highest BCUT2D eigenvalue weighted by atomic mass is 32.1. The number of anilines is 1. The van der Waals surface area contributed by atoms with Crippen LogP contribution in [0.25, 0.3) is 0 Å². The van der Waals surface area contributed by atoms with Gasteiger partial charge in [-0.05, 0) is 31.9 Å². The van der Waals surface area contributed by atoms with Crippen LogP contribution >= 0.6 is 11.3 Å². The fourth-order valence-corrected chi connectivity index (χ4v) is 2.94. The van der Waals surface area contributed by atoms with Crippen molar-refractivity contribution in [2.75, 3.05) is 32.6 Å². The van der Waals surface area contributed by atoms with Crippen molar-refractivity contribution in [3.63, 3.8) is 0 Å². The molecule has 0 atom stereocenters. The van der Waals surface area contributed by atoms with E-state index in [1.165, 1.54) is 5.56 Å². The molecule has 0 spiro atoms. The maximum absolute atomic E-state index is 5.33. The number of thiazole rings is 1. The number of hydrogen-bond donors (Lipinski definition) is 2. The van der Waals surface area contributed by atoms with E-state index < -0.39 is 0 Å². The molecule has 0 saturated carbocycles. The molecule has 2 N–H and O–H groups in total. The maximum atomic E-state index is 5.33. The normalized spacial score (nSPS) is 10.9. The Kier molecular flexibility index (Phi) is 5.58. The lowest BCUT2D eigenvalue weighted by Crippen LogP contribution is -2.15. The Labute approximate surface area is 129 Å². The highest BCUT2D eigenvalue weighted by Gasteiger charge is 2.12. The monoisotopic (exact) mass is 309 g/mol. The Hall–Kier alpha value is -1.60. The number of nitrogens with one attached hydrogen (secondary N) is 2. The first-order chi connectivity index (χ1) is 10.1. The molecule has 0 aliphatic heterocycles. The number of methoxy groups -OCH3 is 1. The van der Waals surface area contributed by atoms with Crippen molar-refractivity contribution in [1.29, 1.82) is 0 Å². The van der Waals surface area contributed by atoms with Crippen molar-refractivity contribution >= 4 is 16.5 Å². The average molecular weight is 309 g/mol. The van der Waals surface area contributed by atoms with Crippen molar-refractivity contribution in [2.24, 2.45) is 0 Å². The molecule has 2 aromatic rings. The van der Waals surface area contributed by atoms with Gasteiger partial charge in [-0.15, -0.1) is 0 Å². The van der Waals surface area contributed by atoms with Crippen LogP contribution in [0.1, 0.15) is 22.6 Å². The average Bonchev–Trinajstić information content (AvgIpc) is 3.05. The first-order valence-corrected chi connectivity index (χ1v) is 7.84. The highest BCUT2D eigenvalue weighted by Crippen LogP contribution is 2.30. The molecule has 2 aromatic heterocycles. The maximum Gasteiger partial charge on any atom is 0.230 e. The second kappa shape index (κ2) is 7.42. The van der Waals surface area contributed by atoms with E-state index in [0.29, 0.717) is 0 Å². The second-order valence-corrected chi connectivity index (χ2v) is 6.19. The predicted molar refractivity (Wildman–Crippen MR) is 86.3 cm³/mol. The number of ether oxygens (including phenoxy) is 1. The van der Waals surface area contributed by atoms with Crippen LogP contribution in [0, 0.1) is 6.92 Å². The van der Waals surface area contributed by atoms with Crippen LogP contribution in [0.4, 0.5) is 5.13 Å². The van der Waals surface area contributed by atoms with E-state index in [9.17, 15) is 0 Å². The van der Waals surface area contributed by atoms with Gasteiger partial charge in [0.25, 0.3) is 0 Å². The van der Waals surface area contributed by atoms with Gasteiger partial charge in [0.05, 0.1) is 18.2 Å². The van der Waals surface area contributed by atoms with Gasteiger partial charge >= 0.3 is 0 Å². The molecule has 0 unspecified atom stereocenters. The van der Waals surface area contributed by atoms with Gasteiger partial charge in [0.2, 0.25) is 5.88 Å². The number of aryl methyl sites for hydroxylation is 2. The van der Waals surface area contributed by atoms with Gasteiger partial charge in [0, 0.05) is 26.3 Å². The largest absolute Gasteiger partial charge is 0.480 e. The Morgan fingerprint density at radius 2 is 2.24 bits per heavy atom. The molecule has 116 valence electrons. The summed E-state index contributed by atoms with van der Waals surface area (Å²) in [4.78, 5) is 7.59. The molecule has 2 heterocycles. The third-order valence-electron chi connectivity index (χ3n) is 3.25. The van der Waals surface area contributed by atoms with Gasteiger partial charge in [-0.1, -0.05) is 11.3 Å². The number of aromatic nitrogens is 3. The van der Waals surface area contributed by atoms with Crippen LogP contribution in [-0.2, 0) is 13.0 Å². The molecular formula is C14H23N5OS. The SMILES string of the molecule is COc1nc(N(C)C)sc1CNCCCc1cn[nH]c1C. The van der Waals surface area contributed by atoms with Crippen molar-refractivity contribution in [2.45, 2.75) is 26.3 Å². The fraction of sp³-hybridized carbons (Fsp3) is 0.571. The minimum atomic E-state index is 0.724. The minimum absolute atomic E-state index is 0.724. The van der Waals surface area contributed by atoms with Crippen LogP contribution in [0.15, 0.2) is 6.20 Å². The zero-order valence-corrected chi connectivity index (χ0v) is 13.9. The lowest BCUT2D eigenvalue weighted by atomic mass is 10.1. The van der Waals surface area contributed by atoms with Gasteiger partial charge in [-0.25, -0.2) is 0 Å². The number of hydrogen-bond acceptors (Lipinski definition) is 6. The smallest absolute Gasteiger partial charge is 0.230 e. The van der Waals surface area contributed by atoms with E-state index >= 15 is 0 Å². The quantitative estimate of drug-likeness (QED) is 0.730. The zero-order chi connectivity index (χ0) is 15.2. The van der Waals surface area contributed by atoms with Gasteiger partial charge in [-0.2, -0.15) is 10.1 Å². The van der Waals surface area contributed by atoms with E-state index in [1.807, 2.05) is 25.2 Å². The summed E-state index contributed by atoms with van der Waals surface area (Å²) in [5.41, 5.74) is 2.46. The van der Waals surface area contributed by atoms with E-state index in [0.717, 1.165) is 47.5 Å². The number of aromatic amines is 1. The van der Waals surface area contributed by atoms with Crippen LogP contribution in [0.3, 0.4) is 0 Å². The summed E-state index contributed by atoms with van der Waals surface area (Å²) in [5, 5.41) is 11.4. The minimum Gasteiger partial charge on any atom is -0.480 e. The van der Waals surface area contributed by atoms with Crippen LogP contribution in [-0.4, -0.2) is 42.9 Å². The van der Waals surface area contributed by atoms with E-state index in [2.05, 4.69) is 27.4 Å². The van der Waals surface area contributed by atoms with E-state index in [-0.39, 0.29) is 0 Å². The number of nitrogens with zero attached hydrogens (tertiary/aromatic N) is 3. The lowest BCUT2D eigenvalue weighted by Gasteiger charge is -2.05. The summed E-state index contributed by atoms with van der Waals surface area (Å²) in [7, 11) is 5.64. The Balaban J connectivity index is 1.77. The van der Waals surface area contributed by atoms with Crippen molar-refractivity contribution < 1.29 is 4.74 Å². The first kappa shape index (κ1) is 15.8. The summed E-state index contributed by atoms with van der Waals surface area (Å²) < 4.78 is 5.33. The zero-order valence-electron chi connectivity index (χ0n) is 13.1. The summed E-state index contributed by atoms with van der Waals surface area (Å²) in [5.74, 6) is 0.724. The molecule has 21 heavy (non-hydrogen) atoms. The molecule has 0 fully saturated rings. The number of H-pyrrole nitrogens is 1.